The van der Waals surface area contributed by atoms with Crippen LogP contribution in [0.1, 0.15) is 0 Å². The van der Waals surface area contributed by atoms with Gasteiger partial charge < -0.3 is 15.5 Å². The molecule has 3 heterocycles. The lowest BCUT2D eigenvalue weighted by Gasteiger charge is -1.99. The van der Waals surface area contributed by atoms with Crippen molar-refractivity contribution in [3.05, 3.63) is 30.6 Å². The number of hydrogen-bond donors (Lipinski definition) is 2. The SMILES string of the molecule is COc1ccc2[nH]c(-c3ccncc3N)nc2n1. The van der Waals surface area contributed by atoms with E-state index in [1.54, 1.807) is 25.6 Å². The molecule has 0 aliphatic rings. The Balaban J connectivity index is 2.17. The van der Waals surface area contributed by atoms with E-state index in [0.29, 0.717) is 23.0 Å². The van der Waals surface area contributed by atoms with Gasteiger partial charge in [0.05, 0.1) is 24.5 Å². The van der Waals surface area contributed by atoms with E-state index < -0.39 is 0 Å². The summed E-state index contributed by atoms with van der Waals surface area (Å²) in [4.78, 5) is 15.8. The van der Waals surface area contributed by atoms with Gasteiger partial charge in [0.25, 0.3) is 0 Å². The first-order valence-corrected chi connectivity index (χ1v) is 5.38. The molecule has 0 unspecified atom stereocenters. The second kappa shape index (κ2) is 3.99. The summed E-state index contributed by atoms with van der Waals surface area (Å²) in [6.45, 7) is 0. The number of aromatic amines is 1. The summed E-state index contributed by atoms with van der Waals surface area (Å²) in [5.74, 6) is 1.20. The number of methoxy groups -OCH3 is 1. The van der Waals surface area contributed by atoms with Gasteiger partial charge in [0.1, 0.15) is 5.82 Å². The minimum Gasteiger partial charge on any atom is -0.481 e. The fraction of sp³-hybridized carbons (Fsp3) is 0.0833. The summed E-state index contributed by atoms with van der Waals surface area (Å²) < 4.78 is 5.06. The smallest absolute Gasteiger partial charge is 0.215 e. The molecular formula is C12H11N5O. The number of nitrogens with two attached hydrogens (primary N) is 1. The number of rotatable bonds is 2. The first-order chi connectivity index (χ1) is 8.78. The van der Waals surface area contributed by atoms with Crippen LogP contribution in [-0.4, -0.2) is 27.0 Å². The third-order valence-electron chi connectivity index (χ3n) is 2.64. The van der Waals surface area contributed by atoms with Crippen LogP contribution in [0.15, 0.2) is 30.6 Å². The number of nitrogens with zero attached hydrogens (tertiary/aromatic N) is 3. The zero-order chi connectivity index (χ0) is 12.5. The molecule has 0 amide bonds. The largest absolute Gasteiger partial charge is 0.481 e. The van der Waals surface area contributed by atoms with E-state index in [9.17, 15) is 0 Å². The summed E-state index contributed by atoms with van der Waals surface area (Å²) in [5, 5.41) is 0. The summed E-state index contributed by atoms with van der Waals surface area (Å²) in [6.07, 6.45) is 3.27. The van der Waals surface area contributed by atoms with Crippen LogP contribution in [0.2, 0.25) is 0 Å². The number of nitrogens with one attached hydrogen (secondary N) is 1. The molecule has 3 N–H and O–H groups in total. The number of imidazole rings is 1. The third-order valence-corrected chi connectivity index (χ3v) is 2.64. The summed E-state index contributed by atoms with van der Waals surface area (Å²) in [6, 6.07) is 5.46. The molecule has 90 valence electrons. The van der Waals surface area contributed by atoms with E-state index in [1.807, 2.05) is 12.1 Å². The highest BCUT2D eigenvalue weighted by atomic mass is 16.5. The molecule has 0 saturated heterocycles. The molecule has 3 aromatic heterocycles. The lowest BCUT2D eigenvalue weighted by Crippen LogP contribution is -1.91. The van der Waals surface area contributed by atoms with Crippen molar-refractivity contribution < 1.29 is 4.74 Å². The zero-order valence-corrected chi connectivity index (χ0v) is 9.71. The van der Waals surface area contributed by atoms with Gasteiger partial charge in [-0.3, -0.25) is 4.98 Å². The van der Waals surface area contributed by atoms with Crippen LogP contribution in [0, 0.1) is 0 Å². The molecule has 0 aliphatic heterocycles. The molecule has 0 spiro atoms. The van der Waals surface area contributed by atoms with E-state index >= 15 is 0 Å². The van der Waals surface area contributed by atoms with Gasteiger partial charge in [-0.25, -0.2) is 4.98 Å². The Hall–Kier alpha value is -2.63. The van der Waals surface area contributed by atoms with Crippen molar-refractivity contribution in [1.29, 1.82) is 0 Å². The minimum absolute atomic E-state index is 0.531. The highest BCUT2D eigenvalue weighted by Gasteiger charge is 2.09. The fourth-order valence-corrected chi connectivity index (χ4v) is 1.74. The van der Waals surface area contributed by atoms with Crippen molar-refractivity contribution in [3.63, 3.8) is 0 Å². The number of nitrogen functional groups attached to an aromatic ring is 1. The van der Waals surface area contributed by atoms with Crippen molar-refractivity contribution in [1.82, 2.24) is 19.9 Å². The molecular weight excluding hydrogens is 230 g/mol. The number of H-pyrrole nitrogens is 1. The molecule has 0 aromatic carbocycles. The molecule has 6 nitrogen and oxygen atoms in total. The minimum atomic E-state index is 0.531. The molecule has 6 heteroatoms. The lowest BCUT2D eigenvalue weighted by molar-refractivity contribution is 0.399. The number of aromatic nitrogens is 4. The van der Waals surface area contributed by atoms with E-state index in [0.717, 1.165) is 11.1 Å². The molecule has 0 radical (unpaired) electrons. The van der Waals surface area contributed by atoms with Crippen LogP contribution in [0.4, 0.5) is 5.69 Å². The third kappa shape index (κ3) is 1.64. The topological polar surface area (TPSA) is 89.7 Å². The number of anilines is 1. The average molecular weight is 241 g/mol. The van der Waals surface area contributed by atoms with Gasteiger partial charge in [-0.1, -0.05) is 0 Å². The second-order valence-corrected chi connectivity index (χ2v) is 3.77. The van der Waals surface area contributed by atoms with Gasteiger partial charge in [-0.05, 0) is 12.1 Å². The Morgan fingerprint density at radius 1 is 1.22 bits per heavy atom. The van der Waals surface area contributed by atoms with E-state index in [1.165, 1.54) is 0 Å². The molecule has 0 fully saturated rings. The Bertz CT molecular complexity index is 707. The predicted molar refractivity (Wildman–Crippen MR) is 68.1 cm³/mol. The van der Waals surface area contributed by atoms with Crippen molar-refractivity contribution in [2.75, 3.05) is 12.8 Å². The normalized spacial score (nSPS) is 10.7. The summed E-state index contributed by atoms with van der Waals surface area (Å²) >= 11 is 0. The number of fused-ring (bicyclic) bond motifs is 1. The molecule has 0 bridgehead atoms. The van der Waals surface area contributed by atoms with Gasteiger partial charge in [-0.15, -0.1) is 0 Å². The molecule has 0 aliphatic carbocycles. The first kappa shape index (κ1) is 10.5. The first-order valence-electron chi connectivity index (χ1n) is 5.38. The van der Waals surface area contributed by atoms with Crippen LogP contribution >= 0.6 is 0 Å². The number of ether oxygens (including phenoxy) is 1. The monoisotopic (exact) mass is 241 g/mol. The molecule has 3 rings (SSSR count). The van der Waals surface area contributed by atoms with Crippen molar-refractivity contribution in [2.24, 2.45) is 0 Å². The van der Waals surface area contributed by atoms with Gasteiger partial charge in [0.2, 0.25) is 5.88 Å². The molecule has 0 atom stereocenters. The quantitative estimate of drug-likeness (QED) is 0.711. The maximum atomic E-state index is 5.86. The Kier molecular flexibility index (Phi) is 2.33. The van der Waals surface area contributed by atoms with Gasteiger partial charge in [0, 0.05) is 17.8 Å². The Labute approximate surface area is 103 Å². The van der Waals surface area contributed by atoms with Crippen LogP contribution in [0.3, 0.4) is 0 Å². The van der Waals surface area contributed by atoms with Crippen molar-refractivity contribution in [3.8, 4) is 17.3 Å². The summed E-state index contributed by atoms with van der Waals surface area (Å²) in [5.41, 5.74) is 8.68. The maximum Gasteiger partial charge on any atom is 0.215 e. The Morgan fingerprint density at radius 3 is 2.89 bits per heavy atom. The standard InChI is InChI=1S/C12H11N5O/c1-18-10-3-2-9-12(16-10)17-11(15-9)7-4-5-14-6-8(7)13/h2-6H,13H2,1H3,(H,15,16,17). The van der Waals surface area contributed by atoms with Gasteiger partial charge in [0.15, 0.2) is 5.65 Å². The van der Waals surface area contributed by atoms with Crippen LogP contribution in [0.5, 0.6) is 5.88 Å². The second-order valence-electron chi connectivity index (χ2n) is 3.77. The van der Waals surface area contributed by atoms with Crippen molar-refractivity contribution >= 4 is 16.9 Å². The molecule has 0 saturated carbocycles. The van der Waals surface area contributed by atoms with E-state index in [-0.39, 0.29) is 0 Å². The van der Waals surface area contributed by atoms with Gasteiger partial charge in [-0.2, -0.15) is 4.98 Å². The highest BCUT2D eigenvalue weighted by molar-refractivity contribution is 5.79. The predicted octanol–water partition coefficient (Wildman–Crippen LogP) is 1.61. The highest BCUT2D eigenvalue weighted by Crippen LogP contribution is 2.24. The molecule has 3 aromatic rings. The van der Waals surface area contributed by atoms with E-state index in [2.05, 4.69) is 19.9 Å². The van der Waals surface area contributed by atoms with Crippen molar-refractivity contribution in [2.45, 2.75) is 0 Å². The average Bonchev–Trinajstić information content (AvgIpc) is 2.81. The van der Waals surface area contributed by atoms with Crippen LogP contribution in [0.25, 0.3) is 22.6 Å². The number of pyridine rings is 2. The zero-order valence-electron chi connectivity index (χ0n) is 9.71. The Morgan fingerprint density at radius 2 is 2.11 bits per heavy atom. The maximum absolute atomic E-state index is 5.86. The molecule has 18 heavy (non-hydrogen) atoms. The fourth-order valence-electron chi connectivity index (χ4n) is 1.74. The number of hydrogen-bond acceptors (Lipinski definition) is 5. The van der Waals surface area contributed by atoms with Crippen LogP contribution < -0.4 is 10.5 Å². The lowest BCUT2D eigenvalue weighted by atomic mass is 10.2. The van der Waals surface area contributed by atoms with Gasteiger partial charge >= 0.3 is 0 Å². The van der Waals surface area contributed by atoms with Crippen LogP contribution in [-0.2, 0) is 0 Å². The van der Waals surface area contributed by atoms with E-state index in [4.69, 9.17) is 10.5 Å². The summed E-state index contributed by atoms with van der Waals surface area (Å²) in [7, 11) is 1.57.